The van der Waals surface area contributed by atoms with E-state index in [4.69, 9.17) is 10.5 Å². The smallest absolute Gasteiger partial charge is 0.0568 e. The molecule has 0 aliphatic carbocycles. The fourth-order valence-electron chi connectivity index (χ4n) is 2.64. The van der Waals surface area contributed by atoms with E-state index in [0.29, 0.717) is 24.8 Å². The lowest BCUT2D eigenvalue weighted by Crippen LogP contribution is -2.60. The molecule has 3 heteroatoms. The van der Waals surface area contributed by atoms with E-state index in [0.717, 1.165) is 19.3 Å². The van der Waals surface area contributed by atoms with Crippen molar-refractivity contribution in [1.29, 1.82) is 0 Å². The highest BCUT2D eigenvalue weighted by Gasteiger charge is 2.37. The number of hydrogen-bond acceptors (Lipinski definition) is 3. The van der Waals surface area contributed by atoms with Gasteiger partial charge in [0.05, 0.1) is 12.2 Å². The first-order chi connectivity index (χ1) is 7.01. The summed E-state index contributed by atoms with van der Waals surface area (Å²) in [4.78, 5) is 0. The van der Waals surface area contributed by atoms with Gasteiger partial charge in [-0.25, -0.2) is 0 Å². The summed E-state index contributed by atoms with van der Waals surface area (Å²) in [5, 5.41) is 3.69. The lowest BCUT2D eigenvalue weighted by atomic mass is 9.83. The molecule has 1 heterocycles. The second-order valence-corrected chi connectivity index (χ2v) is 5.10. The highest BCUT2D eigenvalue weighted by Crippen LogP contribution is 2.28. The number of nitrogens with one attached hydrogen (secondary N) is 1. The van der Waals surface area contributed by atoms with Gasteiger partial charge >= 0.3 is 0 Å². The van der Waals surface area contributed by atoms with E-state index >= 15 is 0 Å². The average Bonchev–Trinajstić information content (AvgIpc) is 2.16. The Morgan fingerprint density at radius 3 is 2.33 bits per heavy atom. The maximum absolute atomic E-state index is 5.95. The van der Waals surface area contributed by atoms with Crippen LogP contribution in [-0.4, -0.2) is 30.3 Å². The molecule has 1 aliphatic heterocycles. The minimum Gasteiger partial charge on any atom is -0.375 e. The zero-order chi connectivity index (χ0) is 11.5. The first-order valence-corrected chi connectivity index (χ1v) is 6.14. The molecule has 0 spiro atoms. The summed E-state index contributed by atoms with van der Waals surface area (Å²) in [5.41, 5.74) is 6.04. The fourth-order valence-corrected chi connectivity index (χ4v) is 2.64. The summed E-state index contributed by atoms with van der Waals surface area (Å²) in [5.74, 6) is 0. The molecule has 0 amide bonds. The molecule has 0 aromatic heterocycles. The molecule has 3 nitrogen and oxygen atoms in total. The molecule has 0 aromatic carbocycles. The molecule has 15 heavy (non-hydrogen) atoms. The van der Waals surface area contributed by atoms with Crippen LogP contribution in [-0.2, 0) is 4.74 Å². The van der Waals surface area contributed by atoms with Gasteiger partial charge in [-0.3, -0.25) is 0 Å². The van der Waals surface area contributed by atoms with Crippen molar-refractivity contribution < 1.29 is 4.74 Å². The van der Waals surface area contributed by atoms with Crippen molar-refractivity contribution in [2.24, 2.45) is 5.73 Å². The lowest BCUT2D eigenvalue weighted by molar-refractivity contribution is -0.0690. The summed E-state index contributed by atoms with van der Waals surface area (Å²) < 4.78 is 5.76. The van der Waals surface area contributed by atoms with Gasteiger partial charge in [0.2, 0.25) is 0 Å². The average molecular weight is 214 g/mol. The summed E-state index contributed by atoms with van der Waals surface area (Å²) in [6.45, 7) is 9.41. The highest BCUT2D eigenvalue weighted by atomic mass is 16.5. The lowest BCUT2D eigenvalue weighted by Gasteiger charge is -2.44. The molecule has 3 N–H and O–H groups in total. The molecule has 3 atom stereocenters. The Bertz CT molecular complexity index is 186. The second-order valence-electron chi connectivity index (χ2n) is 5.10. The summed E-state index contributed by atoms with van der Waals surface area (Å²) in [7, 11) is 0. The third-order valence-corrected chi connectivity index (χ3v) is 3.38. The van der Waals surface area contributed by atoms with Gasteiger partial charge in [-0.1, -0.05) is 6.92 Å². The zero-order valence-corrected chi connectivity index (χ0v) is 10.5. The molecule has 1 aliphatic rings. The van der Waals surface area contributed by atoms with Gasteiger partial charge in [-0.05, 0) is 40.0 Å². The molecule has 0 saturated carbocycles. The van der Waals surface area contributed by atoms with Crippen molar-refractivity contribution in [3.63, 3.8) is 0 Å². The molecular formula is C12H26N2O. The van der Waals surface area contributed by atoms with Crippen LogP contribution in [0.4, 0.5) is 0 Å². The Hall–Kier alpha value is -0.120. The molecule has 1 rings (SSSR count). The molecule has 1 saturated heterocycles. The Kier molecular flexibility index (Phi) is 4.56. The van der Waals surface area contributed by atoms with Gasteiger partial charge in [-0.15, -0.1) is 0 Å². The number of rotatable bonds is 4. The summed E-state index contributed by atoms with van der Waals surface area (Å²) in [6, 6.07) is 0.533. The van der Waals surface area contributed by atoms with E-state index in [1.54, 1.807) is 0 Å². The van der Waals surface area contributed by atoms with Crippen LogP contribution in [0.1, 0.15) is 47.0 Å². The minimum absolute atomic E-state index is 0.0898. The monoisotopic (exact) mass is 214 g/mol. The van der Waals surface area contributed by atoms with Crippen LogP contribution in [0, 0.1) is 0 Å². The van der Waals surface area contributed by atoms with Crippen molar-refractivity contribution in [3.8, 4) is 0 Å². The maximum atomic E-state index is 5.95. The van der Waals surface area contributed by atoms with Crippen LogP contribution in [0.25, 0.3) is 0 Å². The Morgan fingerprint density at radius 2 is 1.93 bits per heavy atom. The SMILES string of the molecule is CCC(C)NC1(CN)CC(C)OC(C)C1. The van der Waals surface area contributed by atoms with Crippen molar-refractivity contribution in [2.75, 3.05) is 6.54 Å². The topological polar surface area (TPSA) is 47.3 Å². The quantitative estimate of drug-likeness (QED) is 0.748. The van der Waals surface area contributed by atoms with E-state index in [1.165, 1.54) is 0 Å². The van der Waals surface area contributed by atoms with E-state index in [2.05, 4.69) is 33.0 Å². The van der Waals surface area contributed by atoms with Crippen molar-refractivity contribution in [2.45, 2.75) is 70.7 Å². The predicted octanol–water partition coefficient (Wildman–Crippen LogP) is 1.66. The second kappa shape index (κ2) is 5.28. The van der Waals surface area contributed by atoms with Crippen LogP contribution in [0.15, 0.2) is 0 Å². The van der Waals surface area contributed by atoms with Crippen LogP contribution < -0.4 is 11.1 Å². The van der Waals surface area contributed by atoms with Crippen LogP contribution in [0.3, 0.4) is 0 Å². The first kappa shape index (κ1) is 12.9. The Morgan fingerprint density at radius 1 is 1.40 bits per heavy atom. The zero-order valence-electron chi connectivity index (χ0n) is 10.5. The third kappa shape index (κ3) is 3.44. The van der Waals surface area contributed by atoms with Crippen LogP contribution in [0.2, 0.25) is 0 Å². The summed E-state index contributed by atoms with van der Waals surface area (Å²) >= 11 is 0. The normalized spacial score (nSPS) is 39.0. The molecule has 90 valence electrons. The van der Waals surface area contributed by atoms with Crippen LogP contribution in [0.5, 0.6) is 0 Å². The maximum Gasteiger partial charge on any atom is 0.0568 e. The van der Waals surface area contributed by atoms with E-state index in [-0.39, 0.29) is 5.54 Å². The Labute approximate surface area is 93.8 Å². The molecular weight excluding hydrogens is 188 g/mol. The van der Waals surface area contributed by atoms with Gasteiger partial charge in [0.1, 0.15) is 0 Å². The van der Waals surface area contributed by atoms with Crippen molar-refractivity contribution >= 4 is 0 Å². The molecule has 0 radical (unpaired) electrons. The first-order valence-electron chi connectivity index (χ1n) is 6.14. The van der Waals surface area contributed by atoms with Crippen molar-refractivity contribution in [3.05, 3.63) is 0 Å². The standard InChI is InChI=1S/C12H26N2O/c1-5-9(2)14-12(8-13)6-10(3)15-11(4)7-12/h9-11,14H,5-8,13H2,1-4H3. The fraction of sp³-hybridized carbons (Fsp3) is 1.00. The highest BCUT2D eigenvalue weighted by molar-refractivity contribution is 4.96. The molecule has 3 unspecified atom stereocenters. The van der Waals surface area contributed by atoms with Crippen molar-refractivity contribution in [1.82, 2.24) is 5.32 Å². The number of ether oxygens (including phenoxy) is 1. The summed E-state index contributed by atoms with van der Waals surface area (Å²) in [6.07, 6.45) is 3.82. The van der Waals surface area contributed by atoms with E-state index in [1.807, 2.05) is 0 Å². The predicted molar refractivity (Wildman–Crippen MR) is 63.9 cm³/mol. The molecule has 0 bridgehead atoms. The third-order valence-electron chi connectivity index (χ3n) is 3.38. The largest absolute Gasteiger partial charge is 0.375 e. The van der Waals surface area contributed by atoms with Gasteiger partial charge in [0.25, 0.3) is 0 Å². The van der Waals surface area contributed by atoms with Gasteiger partial charge in [0, 0.05) is 18.1 Å². The van der Waals surface area contributed by atoms with Gasteiger partial charge in [-0.2, -0.15) is 0 Å². The minimum atomic E-state index is 0.0898. The van der Waals surface area contributed by atoms with Gasteiger partial charge < -0.3 is 15.8 Å². The van der Waals surface area contributed by atoms with Crippen LogP contribution >= 0.6 is 0 Å². The van der Waals surface area contributed by atoms with Gasteiger partial charge in [0.15, 0.2) is 0 Å². The molecule has 1 fully saturated rings. The molecule has 0 aromatic rings. The number of nitrogens with two attached hydrogens (primary N) is 1. The van der Waals surface area contributed by atoms with E-state index < -0.39 is 0 Å². The van der Waals surface area contributed by atoms with E-state index in [9.17, 15) is 0 Å². The number of hydrogen-bond donors (Lipinski definition) is 2. The Balaban J connectivity index is 2.65.